The Labute approximate surface area is 127 Å². The van der Waals surface area contributed by atoms with Gasteiger partial charge in [0.05, 0.1) is 19.3 Å². The summed E-state index contributed by atoms with van der Waals surface area (Å²) in [5, 5.41) is 3.09. The fourth-order valence-electron chi connectivity index (χ4n) is 2.52. The lowest BCUT2D eigenvalue weighted by atomic mass is 9.99. The molecule has 5 nitrogen and oxygen atoms in total. The molecule has 1 aromatic rings. The van der Waals surface area contributed by atoms with Gasteiger partial charge in [-0.15, -0.1) is 0 Å². The van der Waals surface area contributed by atoms with Crippen LogP contribution in [0.15, 0.2) is 29.3 Å². The van der Waals surface area contributed by atoms with Crippen molar-refractivity contribution in [3.63, 3.8) is 0 Å². The summed E-state index contributed by atoms with van der Waals surface area (Å²) in [4.78, 5) is 6.85. The smallest absolute Gasteiger partial charge is 0.193 e. The SMILES string of the molecule is COc1ccccc1NC(N)=NCCN1CCC(C)CC1. The number of nitrogens with one attached hydrogen (secondary N) is 1. The maximum atomic E-state index is 5.93. The number of ether oxygens (including phenoxy) is 1. The zero-order valence-corrected chi connectivity index (χ0v) is 13.0. The molecule has 5 heteroatoms. The van der Waals surface area contributed by atoms with E-state index in [4.69, 9.17) is 10.5 Å². The van der Waals surface area contributed by atoms with Crippen molar-refractivity contribution in [1.29, 1.82) is 0 Å². The topological polar surface area (TPSA) is 62.9 Å². The molecule has 1 aliphatic heterocycles. The molecule has 1 aliphatic rings. The molecule has 1 aromatic carbocycles. The molecule has 0 atom stereocenters. The minimum Gasteiger partial charge on any atom is -0.495 e. The number of nitrogens with zero attached hydrogens (tertiary/aromatic N) is 2. The van der Waals surface area contributed by atoms with Crippen LogP contribution >= 0.6 is 0 Å². The second kappa shape index (κ2) is 7.88. The van der Waals surface area contributed by atoms with E-state index in [2.05, 4.69) is 22.1 Å². The third-order valence-corrected chi connectivity index (χ3v) is 3.94. The van der Waals surface area contributed by atoms with Gasteiger partial charge < -0.3 is 20.7 Å². The third-order valence-electron chi connectivity index (χ3n) is 3.94. The van der Waals surface area contributed by atoms with Crippen LogP contribution in [0.1, 0.15) is 19.8 Å². The van der Waals surface area contributed by atoms with Crippen LogP contribution in [-0.2, 0) is 0 Å². The molecule has 0 aliphatic carbocycles. The van der Waals surface area contributed by atoms with Gasteiger partial charge in [0, 0.05) is 6.54 Å². The van der Waals surface area contributed by atoms with Crippen LogP contribution in [0.5, 0.6) is 5.75 Å². The van der Waals surface area contributed by atoms with Crippen LogP contribution in [0.25, 0.3) is 0 Å². The normalized spacial score (nSPS) is 17.7. The van der Waals surface area contributed by atoms with Crippen molar-refractivity contribution < 1.29 is 4.74 Å². The van der Waals surface area contributed by atoms with Gasteiger partial charge in [-0.25, -0.2) is 0 Å². The van der Waals surface area contributed by atoms with Crippen molar-refractivity contribution in [3.05, 3.63) is 24.3 Å². The number of aliphatic imine (C=N–C) groups is 1. The summed E-state index contributed by atoms with van der Waals surface area (Å²) in [5.74, 6) is 2.06. The van der Waals surface area contributed by atoms with E-state index in [1.807, 2.05) is 24.3 Å². The largest absolute Gasteiger partial charge is 0.495 e. The Kier molecular flexibility index (Phi) is 5.87. The van der Waals surface area contributed by atoms with Gasteiger partial charge in [0.25, 0.3) is 0 Å². The number of rotatable bonds is 5. The van der Waals surface area contributed by atoms with E-state index in [0.29, 0.717) is 5.96 Å². The van der Waals surface area contributed by atoms with Crippen molar-refractivity contribution in [2.45, 2.75) is 19.8 Å². The van der Waals surface area contributed by atoms with Gasteiger partial charge in [0.15, 0.2) is 5.96 Å². The fourth-order valence-corrected chi connectivity index (χ4v) is 2.52. The Hall–Kier alpha value is -1.75. The number of nitrogens with two attached hydrogens (primary N) is 1. The van der Waals surface area contributed by atoms with Crippen LogP contribution < -0.4 is 15.8 Å². The Morgan fingerprint density at radius 3 is 2.81 bits per heavy atom. The lowest BCUT2D eigenvalue weighted by molar-refractivity contribution is 0.197. The molecule has 1 heterocycles. The molecule has 0 unspecified atom stereocenters. The average Bonchev–Trinajstić information content (AvgIpc) is 2.50. The van der Waals surface area contributed by atoms with E-state index in [9.17, 15) is 0 Å². The first kappa shape index (κ1) is 15.6. The number of anilines is 1. The van der Waals surface area contributed by atoms with E-state index < -0.39 is 0 Å². The highest BCUT2D eigenvalue weighted by Crippen LogP contribution is 2.22. The second-order valence-electron chi connectivity index (χ2n) is 5.62. The van der Waals surface area contributed by atoms with Crippen LogP contribution in [0.3, 0.4) is 0 Å². The molecular weight excluding hydrogens is 264 g/mol. The highest BCUT2D eigenvalue weighted by molar-refractivity contribution is 5.93. The van der Waals surface area contributed by atoms with E-state index in [-0.39, 0.29) is 0 Å². The van der Waals surface area contributed by atoms with Crippen LogP contribution in [0.4, 0.5) is 5.69 Å². The van der Waals surface area contributed by atoms with Gasteiger partial charge in [-0.1, -0.05) is 19.1 Å². The van der Waals surface area contributed by atoms with E-state index >= 15 is 0 Å². The Balaban J connectivity index is 1.79. The molecule has 0 amide bonds. The van der Waals surface area contributed by atoms with Crippen molar-refractivity contribution in [1.82, 2.24) is 4.90 Å². The van der Waals surface area contributed by atoms with E-state index in [1.54, 1.807) is 7.11 Å². The number of hydrogen-bond acceptors (Lipinski definition) is 3. The van der Waals surface area contributed by atoms with Crippen molar-refractivity contribution in [2.75, 3.05) is 38.6 Å². The van der Waals surface area contributed by atoms with E-state index in [0.717, 1.165) is 30.4 Å². The Bertz CT molecular complexity index is 467. The van der Waals surface area contributed by atoms with Crippen LogP contribution in [0, 0.1) is 5.92 Å². The van der Waals surface area contributed by atoms with Crippen molar-refractivity contribution in [3.8, 4) is 5.75 Å². The molecule has 1 saturated heterocycles. The maximum absolute atomic E-state index is 5.93. The number of methoxy groups -OCH3 is 1. The van der Waals surface area contributed by atoms with Gasteiger partial charge in [0.2, 0.25) is 0 Å². The number of hydrogen-bond donors (Lipinski definition) is 2. The Morgan fingerprint density at radius 1 is 1.38 bits per heavy atom. The minimum absolute atomic E-state index is 0.435. The van der Waals surface area contributed by atoms with Gasteiger partial charge >= 0.3 is 0 Å². The number of piperidine rings is 1. The van der Waals surface area contributed by atoms with E-state index in [1.165, 1.54) is 25.9 Å². The fraction of sp³-hybridized carbons (Fsp3) is 0.562. The molecule has 3 N–H and O–H groups in total. The van der Waals surface area contributed by atoms with Crippen LogP contribution in [-0.4, -0.2) is 44.1 Å². The molecular formula is C16H26N4O. The van der Waals surface area contributed by atoms with Gasteiger partial charge in [-0.3, -0.25) is 4.99 Å². The highest BCUT2D eigenvalue weighted by Gasteiger charge is 2.14. The first-order valence-corrected chi connectivity index (χ1v) is 7.61. The lowest BCUT2D eigenvalue weighted by Gasteiger charge is -2.29. The molecule has 0 bridgehead atoms. The van der Waals surface area contributed by atoms with Gasteiger partial charge in [0.1, 0.15) is 5.75 Å². The first-order chi connectivity index (χ1) is 10.2. The quantitative estimate of drug-likeness (QED) is 0.644. The first-order valence-electron chi connectivity index (χ1n) is 7.61. The van der Waals surface area contributed by atoms with Gasteiger partial charge in [-0.05, 0) is 44.0 Å². The predicted octanol–water partition coefficient (Wildman–Crippen LogP) is 2.15. The van der Waals surface area contributed by atoms with Crippen molar-refractivity contribution >= 4 is 11.6 Å². The second-order valence-corrected chi connectivity index (χ2v) is 5.62. The average molecular weight is 290 g/mol. The highest BCUT2D eigenvalue weighted by atomic mass is 16.5. The molecule has 1 fully saturated rings. The zero-order chi connectivity index (χ0) is 15.1. The third kappa shape index (κ3) is 4.93. The Morgan fingerprint density at radius 2 is 2.10 bits per heavy atom. The van der Waals surface area contributed by atoms with Gasteiger partial charge in [-0.2, -0.15) is 0 Å². The molecule has 0 aromatic heterocycles. The molecule has 21 heavy (non-hydrogen) atoms. The molecule has 116 valence electrons. The number of benzene rings is 1. The lowest BCUT2D eigenvalue weighted by Crippen LogP contribution is -2.35. The number of likely N-dealkylation sites (tertiary alicyclic amines) is 1. The number of guanidine groups is 1. The summed E-state index contributed by atoms with van der Waals surface area (Å²) in [7, 11) is 1.64. The van der Waals surface area contributed by atoms with Crippen LogP contribution in [0.2, 0.25) is 0 Å². The molecule has 0 spiro atoms. The standard InChI is InChI=1S/C16H26N4O/c1-13-7-10-20(11-8-13)12-9-18-16(17)19-14-5-3-4-6-15(14)21-2/h3-6,13H,7-12H2,1-2H3,(H3,17,18,19). The summed E-state index contributed by atoms with van der Waals surface area (Å²) in [6, 6.07) is 7.68. The monoisotopic (exact) mass is 290 g/mol. The maximum Gasteiger partial charge on any atom is 0.193 e. The summed E-state index contributed by atoms with van der Waals surface area (Å²) < 4.78 is 5.27. The molecule has 0 radical (unpaired) electrons. The predicted molar refractivity (Wildman–Crippen MR) is 87.9 cm³/mol. The summed E-state index contributed by atoms with van der Waals surface area (Å²) >= 11 is 0. The molecule has 0 saturated carbocycles. The van der Waals surface area contributed by atoms with Crippen molar-refractivity contribution in [2.24, 2.45) is 16.6 Å². The summed E-state index contributed by atoms with van der Waals surface area (Å²) in [6.07, 6.45) is 2.58. The summed E-state index contributed by atoms with van der Waals surface area (Å²) in [5.41, 5.74) is 6.77. The molecule has 2 rings (SSSR count). The number of para-hydroxylation sites is 2. The zero-order valence-electron chi connectivity index (χ0n) is 13.0. The summed E-state index contributed by atoms with van der Waals surface area (Å²) in [6.45, 7) is 6.38. The minimum atomic E-state index is 0.435.